The summed E-state index contributed by atoms with van der Waals surface area (Å²) in [4.78, 5) is 2.16. The van der Waals surface area contributed by atoms with Gasteiger partial charge in [-0.1, -0.05) is 26.7 Å². The number of aliphatic hydroxyl groups excluding tert-OH is 2. The zero-order valence-corrected chi connectivity index (χ0v) is 8.61. The van der Waals surface area contributed by atoms with Crippen LogP contribution in [-0.2, 0) is 0 Å². The molecule has 0 aromatic carbocycles. The van der Waals surface area contributed by atoms with Crippen LogP contribution in [-0.4, -0.2) is 47.0 Å². The molecule has 0 aromatic heterocycles. The van der Waals surface area contributed by atoms with E-state index >= 15 is 0 Å². The van der Waals surface area contributed by atoms with Crippen molar-refractivity contribution >= 4 is 0 Å². The molecule has 3 heteroatoms. The second-order valence-corrected chi connectivity index (χ2v) is 4.04. The fourth-order valence-electron chi connectivity index (χ4n) is 1.91. The van der Waals surface area contributed by atoms with E-state index < -0.39 is 12.2 Å². The Morgan fingerprint density at radius 1 is 1.15 bits per heavy atom. The minimum absolute atomic E-state index is 0.533. The molecule has 3 nitrogen and oxygen atoms in total. The molecule has 1 aliphatic heterocycles. The molecule has 0 bridgehead atoms. The second kappa shape index (κ2) is 4.94. The highest BCUT2D eigenvalue weighted by Gasteiger charge is 2.29. The molecule has 78 valence electrons. The zero-order valence-electron chi connectivity index (χ0n) is 8.61. The predicted molar refractivity (Wildman–Crippen MR) is 52.5 cm³/mol. The molecule has 1 heterocycles. The van der Waals surface area contributed by atoms with Gasteiger partial charge in [0.15, 0.2) is 0 Å². The van der Waals surface area contributed by atoms with Crippen molar-refractivity contribution in [2.45, 2.75) is 38.9 Å². The Labute approximate surface area is 80.4 Å². The zero-order chi connectivity index (χ0) is 9.84. The molecule has 1 aliphatic rings. The average molecular weight is 187 g/mol. The van der Waals surface area contributed by atoms with Crippen molar-refractivity contribution in [1.82, 2.24) is 4.90 Å². The summed E-state index contributed by atoms with van der Waals surface area (Å²) in [5.74, 6) is 0.706. The van der Waals surface area contributed by atoms with Gasteiger partial charge in [-0.25, -0.2) is 0 Å². The highest BCUT2D eigenvalue weighted by molar-refractivity contribution is 4.83. The number of hydrogen-bond donors (Lipinski definition) is 2. The fraction of sp³-hybridized carbons (Fsp3) is 1.00. The minimum Gasteiger partial charge on any atom is -0.389 e. The maximum Gasteiger partial charge on any atom is 0.0938 e. The second-order valence-electron chi connectivity index (χ2n) is 4.04. The maximum absolute atomic E-state index is 9.33. The van der Waals surface area contributed by atoms with Gasteiger partial charge in [0.1, 0.15) is 0 Å². The number of likely N-dealkylation sites (tertiary alicyclic amines) is 1. The van der Waals surface area contributed by atoms with Crippen LogP contribution in [0.2, 0.25) is 0 Å². The van der Waals surface area contributed by atoms with Crippen LogP contribution in [0.5, 0.6) is 0 Å². The molecule has 1 fully saturated rings. The molecule has 0 spiro atoms. The lowest BCUT2D eigenvalue weighted by Crippen LogP contribution is -2.28. The maximum atomic E-state index is 9.33. The van der Waals surface area contributed by atoms with Crippen LogP contribution in [0.15, 0.2) is 0 Å². The topological polar surface area (TPSA) is 43.7 Å². The van der Waals surface area contributed by atoms with E-state index in [9.17, 15) is 10.2 Å². The average Bonchev–Trinajstić information content (AvgIpc) is 2.42. The minimum atomic E-state index is -0.533. The lowest BCUT2D eigenvalue weighted by molar-refractivity contribution is 0.0572. The standard InChI is InChI=1S/C10H21NO2/c1-3-8(4-2)5-11-6-9(12)10(13)7-11/h8-10,12-13H,3-7H2,1-2H3. The van der Waals surface area contributed by atoms with Gasteiger partial charge in [-0.15, -0.1) is 0 Å². The summed E-state index contributed by atoms with van der Waals surface area (Å²) in [6.45, 7) is 6.67. The molecule has 1 rings (SSSR count). The third kappa shape index (κ3) is 2.93. The van der Waals surface area contributed by atoms with Crippen molar-refractivity contribution in [3.63, 3.8) is 0 Å². The highest BCUT2D eigenvalue weighted by Crippen LogP contribution is 2.15. The molecule has 0 radical (unpaired) electrons. The van der Waals surface area contributed by atoms with Crippen LogP contribution in [0.1, 0.15) is 26.7 Å². The third-order valence-corrected chi connectivity index (χ3v) is 3.01. The number of β-amino-alcohol motifs (C(OH)–C–C–N with tert-alkyl or cyclic N) is 2. The largest absolute Gasteiger partial charge is 0.389 e. The molecule has 2 atom stereocenters. The van der Waals surface area contributed by atoms with E-state index in [2.05, 4.69) is 18.7 Å². The van der Waals surface area contributed by atoms with E-state index in [1.54, 1.807) is 0 Å². The Balaban J connectivity index is 2.30. The molecular weight excluding hydrogens is 166 g/mol. The number of rotatable bonds is 4. The highest BCUT2D eigenvalue weighted by atomic mass is 16.3. The van der Waals surface area contributed by atoms with E-state index in [1.807, 2.05) is 0 Å². The molecule has 2 unspecified atom stereocenters. The Kier molecular flexibility index (Phi) is 4.16. The van der Waals surface area contributed by atoms with Gasteiger partial charge in [-0.2, -0.15) is 0 Å². The molecule has 0 aliphatic carbocycles. The van der Waals surface area contributed by atoms with Crippen molar-refractivity contribution in [2.75, 3.05) is 19.6 Å². The molecule has 1 saturated heterocycles. The molecule has 0 saturated carbocycles. The Morgan fingerprint density at radius 2 is 1.62 bits per heavy atom. The molecule has 0 amide bonds. The van der Waals surface area contributed by atoms with E-state index in [0.29, 0.717) is 19.0 Å². The summed E-state index contributed by atoms with van der Waals surface area (Å²) in [6.07, 6.45) is 1.29. The van der Waals surface area contributed by atoms with Gasteiger partial charge in [-0.05, 0) is 5.92 Å². The van der Waals surface area contributed by atoms with Crippen LogP contribution < -0.4 is 0 Å². The smallest absolute Gasteiger partial charge is 0.0938 e. The van der Waals surface area contributed by atoms with Crippen molar-refractivity contribution in [1.29, 1.82) is 0 Å². The van der Waals surface area contributed by atoms with Crippen LogP contribution in [0.4, 0.5) is 0 Å². The van der Waals surface area contributed by atoms with E-state index in [-0.39, 0.29) is 0 Å². The monoisotopic (exact) mass is 187 g/mol. The van der Waals surface area contributed by atoms with Gasteiger partial charge in [0.2, 0.25) is 0 Å². The first-order valence-corrected chi connectivity index (χ1v) is 5.25. The first-order chi connectivity index (χ1) is 6.17. The van der Waals surface area contributed by atoms with Crippen molar-refractivity contribution in [3.05, 3.63) is 0 Å². The molecule has 0 aromatic rings. The first kappa shape index (κ1) is 11.0. The van der Waals surface area contributed by atoms with Gasteiger partial charge < -0.3 is 10.2 Å². The third-order valence-electron chi connectivity index (χ3n) is 3.01. The Hall–Kier alpha value is -0.120. The lowest BCUT2D eigenvalue weighted by Gasteiger charge is -2.20. The van der Waals surface area contributed by atoms with Gasteiger partial charge >= 0.3 is 0 Å². The van der Waals surface area contributed by atoms with Gasteiger partial charge in [0, 0.05) is 19.6 Å². The summed E-state index contributed by atoms with van der Waals surface area (Å²) in [7, 11) is 0. The summed E-state index contributed by atoms with van der Waals surface area (Å²) in [6, 6.07) is 0. The van der Waals surface area contributed by atoms with Crippen molar-refractivity contribution in [3.8, 4) is 0 Å². The summed E-state index contributed by atoms with van der Waals surface area (Å²) in [5.41, 5.74) is 0. The quantitative estimate of drug-likeness (QED) is 0.672. The normalized spacial score (nSPS) is 30.2. The van der Waals surface area contributed by atoms with Gasteiger partial charge in [0.25, 0.3) is 0 Å². The number of nitrogens with zero attached hydrogens (tertiary/aromatic N) is 1. The molecule has 13 heavy (non-hydrogen) atoms. The van der Waals surface area contributed by atoms with Gasteiger partial charge in [-0.3, -0.25) is 4.90 Å². The van der Waals surface area contributed by atoms with E-state index in [0.717, 1.165) is 6.54 Å². The van der Waals surface area contributed by atoms with Gasteiger partial charge in [0.05, 0.1) is 12.2 Å². The van der Waals surface area contributed by atoms with Crippen molar-refractivity contribution < 1.29 is 10.2 Å². The fourth-order valence-corrected chi connectivity index (χ4v) is 1.91. The Bertz CT molecular complexity index is 138. The van der Waals surface area contributed by atoms with Crippen LogP contribution in [0, 0.1) is 5.92 Å². The predicted octanol–water partition coefficient (Wildman–Crippen LogP) is 0.460. The number of hydrogen-bond acceptors (Lipinski definition) is 3. The Morgan fingerprint density at radius 3 is 2.00 bits per heavy atom. The molecular formula is C10H21NO2. The lowest BCUT2D eigenvalue weighted by atomic mass is 10.0. The summed E-state index contributed by atoms with van der Waals surface area (Å²) in [5, 5.41) is 18.7. The number of aliphatic hydroxyl groups is 2. The summed E-state index contributed by atoms with van der Waals surface area (Å²) < 4.78 is 0. The van der Waals surface area contributed by atoms with Crippen molar-refractivity contribution in [2.24, 2.45) is 5.92 Å². The van der Waals surface area contributed by atoms with Crippen LogP contribution in [0.25, 0.3) is 0 Å². The first-order valence-electron chi connectivity index (χ1n) is 5.25. The molecule has 2 N–H and O–H groups in total. The van der Waals surface area contributed by atoms with E-state index in [4.69, 9.17) is 0 Å². The summed E-state index contributed by atoms with van der Waals surface area (Å²) >= 11 is 0. The van der Waals surface area contributed by atoms with Crippen LogP contribution >= 0.6 is 0 Å². The SMILES string of the molecule is CCC(CC)CN1CC(O)C(O)C1. The van der Waals surface area contributed by atoms with Crippen LogP contribution in [0.3, 0.4) is 0 Å². The van der Waals surface area contributed by atoms with E-state index in [1.165, 1.54) is 12.8 Å².